The molecule has 2 aromatic heterocycles. The van der Waals surface area contributed by atoms with Crippen LogP contribution in [0.15, 0.2) is 33.0 Å². The minimum absolute atomic E-state index is 0.0683. The minimum Gasteiger partial charge on any atom is -0.543 e. The monoisotopic (exact) mass is 595 g/mol. The summed E-state index contributed by atoms with van der Waals surface area (Å²) >= 11 is 3.59. The number of thioether (sulfide) groups is 2. The SMILES string of the molecule is Nc1cc(N)[n+](CNC(=O)/C(=N\OCC(=O)O)c2csc(N)n2)c(SCC2=C(C(=O)[O-])N3C(=O)CC3SC2)n1. The Morgan fingerprint density at radius 2 is 2.10 bits per heavy atom. The molecule has 2 aliphatic rings. The largest absolute Gasteiger partial charge is 0.543 e. The average Bonchev–Trinajstić information content (AvgIpc) is 3.29. The smallest absolute Gasteiger partial charge is 0.344 e. The van der Waals surface area contributed by atoms with Gasteiger partial charge in [-0.05, 0) is 17.3 Å². The first-order chi connectivity index (χ1) is 18.5. The summed E-state index contributed by atoms with van der Waals surface area (Å²) in [6.45, 7) is -1.02. The van der Waals surface area contributed by atoms with Gasteiger partial charge in [-0.3, -0.25) is 14.5 Å². The van der Waals surface area contributed by atoms with Crippen LogP contribution in [0.3, 0.4) is 0 Å². The highest BCUT2D eigenvalue weighted by atomic mass is 32.2. The zero-order chi connectivity index (χ0) is 28.3. The van der Waals surface area contributed by atoms with E-state index in [4.69, 9.17) is 27.1 Å². The van der Waals surface area contributed by atoms with E-state index in [1.54, 1.807) is 0 Å². The molecule has 2 amide bonds. The fourth-order valence-corrected chi connectivity index (χ4v) is 6.51. The normalized spacial score (nSPS) is 16.9. The summed E-state index contributed by atoms with van der Waals surface area (Å²) in [5, 5.41) is 28.4. The summed E-state index contributed by atoms with van der Waals surface area (Å²) in [4.78, 5) is 61.7. The van der Waals surface area contributed by atoms with E-state index >= 15 is 0 Å². The van der Waals surface area contributed by atoms with E-state index in [0.717, 1.165) is 23.1 Å². The Morgan fingerprint density at radius 1 is 1.33 bits per heavy atom. The first-order valence-corrected chi connectivity index (χ1v) is 13.8. The van der Waals surface area contributed by atoms with Gasteiger partial charge in [-0.15, -0.1) is 23.1 Å². The predicted octanol–water partition coefficient (Wildman–Crippen LogP) is -2.45. The summed E-state index contributed by atoms with van der Waals surface area (Å²) in [7, 11) is 0. The molecule has 4 heterocycles. The van der Waals surface area contributed by atoms with E-state index in [-0.39, 0.29) is 69.1 Å². The Hall–Kier alpha value is -4.10. The molecular formula is C20H21N9O7S3. The van der Waals surface area contributed by atoms with Crippen LogP contribution in [-0.4, -0.2) is 72.9 Å². The summed E-state index contributed by atoms with van der Waals surface area (Å²) < 4.78 is 1.41. The number of oxime groups is 1. The molecule has 1 saturated heterocycles. The molecule has 1 atom stereocenters. The maximum atomic E-state index is 12.9. The number of nitrogen functional groups attached to an aromatic ring is 3. The number of fused-ring (bicyclic) bond motifs is 1. The molecule has 2 aliphatic heterocycles. The van der Waals surface area contributed by atoms with Crippen LogP contribution in [0, 0.1) is 0 Å². The maximum Gasteiger partial charge on any atom is 0.344 e. The summed E-state index contributed by atoms with van der Waals surface area (Å²) in [6, 6.07) is 1.37. The number of thiazole rings is 1. The van der Waals surface area contributed by atoms with Crippen molar-refractivity contribution in [2.45, 2.75) is 23.6 Å². The molecule has 19 heteroatoms. The Kier molecular flexibility index (Phi) is 8.41. The number of rotatable bonds is 11. The number of aliphatic carboxylic acids is 2. The molecule has 206 valence electrons. The highest BCUT2D eigenvalue weighted by Gasteiger charge is 2.43. The van der Waals surface area contributed by atoms with Crippen molar-refractivity contribution in [3.05, 3.63) is 28.4 Å². The Morgan fingerprint density at radius 3 is 2.74 bits per heavy atom. The van der Waals surface area contributed by atoms with Crippen molar-refractivity contribution in [2.75, 3.05) is 35.3 Å². The van der Waals surface area contributed by atoms with Crippen LogP contribution < -0.4 is 32.2 Å². The van der Waals surface area contributed by atoms with Crippen molar-refractivity contribution >= 4 is 81.1 Å². The van der Waals surface area contributed by atoms with Crippen LogP contribution in [0.5, 0.6) is 0 Å². The van der Waals surface area contributed by atoms with Gasteiger partial charge in [0.15, 0.2) is 10.8 Å². The lowest BCUT2D eigenvalue weighted by molar-refractivity contribution is -0.725. The van der Waals surface area contributed by atoms with Crippen molar-refractivity contribution in [3.8, 4) is 0 Å². The predicted molar refractivity (Wildman–Crippen MR) is 139 cm³/mol. The second-order valence-electron chi connectivity index (χ2n) is 7.92. The van der Waals surface area contributed by atoms with Gasteiger partial charge < -0.3 is 42.4 Å². The molecule has 0 aromatic carbocycles. The molecule has 8 N–H and O–H groups in total. The average molecular weight is 596 g/mol. The molecular weight excluding hydrogens is 574 g/mol. The number of aromatic nitrogens is 3. The van der Waals surface area contributed by atoms with E-state index in [1.807, 2.05) is 0 Å². The molecule has 0 bridgehead atoms. The number of nitrogens with two attached hydrogens (primary N) is 3. The lowest BCUT2D eigenvalue weighted by Crippen LogP contribution is -2.56. The van der Waals surface area contributed by atoms with Crippen molar-refractivity contribution in [2.24, 2.45) is 5.16 Å². The third kappa shape index (κ3) is 6.32. The van der Waals surface area contributed by atoms with Crippen LogP contribution in [0.1, 0.15) is 12.1 Å². The molecule has 16 nitrogen and oxygen atoms in total. The van der Waals surface area contributed by atoms with Gasteiger partial charge in [0.2, 0.25) is 24.1 Å². The standard InChI is InChI=1S/C20H21N9O7S3/c21-10-1-11(22)28(7-24-17(33)15(27-36-3-14(31)32)9-6-38-19(23)25-9)20(26-10)39-5-8-4-37-13-2-12(30)29(13)16(8)18(34)35/h1,6,13H,2-5,7H2,(H8,21,22,23,24,25,31,32,33,34,35)/b27-15-. The van der Waals surface area contributed by atoms with Gasteiger partial charge in [-0.1, -0.05) is 10.1 Å². The van der Waals surface area contributed by atoms with E-state index in [1.165, 1.54) is 32.7 Å². The van der Waals surface area contributed by atoms with E-state index in [9.17, 15) is 24.3 Å². The Balaban J connectivity index is 1.53. The van der Waals surface area contributed by atoms with E-state index in [0.29, 0.717) is 11.3 Å². The van der Waals surface area contributed by atoms with E-state index < -0.39 is 24.5 Å². The quantitative estimate of drug-likeness (QED) is 0.0451. The van der Waals surface area contributed by atoms with Gasteiger partial charge in [0.05, 0.1) is 29.5 Å². The number of hydrogen-bond donors (Lipinski definition) is 5. The fourth-order valence-electron chi connectivity index (χ4n) is 3.53. The lowest BCUT2D eigenvalue weighted by Gasteiger charge is -2.45. The van der Waals surface area contributed by atoms with Crippen molar-refractivity contribution in [3.63, 3.8) is 0 Å². The third-order valence-electron chi connectivity index (χ3n) is 5.28. The molecule has 1 unspecified atom stereocenters. The minimum atomic E-state index is -1.44. The topological polar surface area (TPSA) is 256 Å². The molecule has 2 aromatic rings. The third-order valence-corrected chi connectivity index (χ3v) is 8.30. The number of nitrogens with zero attached hydrogens (tertiary/aromatic N) is 5. The number of carbonyl (C=O) groups is 4. The highest BCUT2D eigenvalue weighted by Crippen LogP contribution is 2.40. The molecule has 0 spiro atoms. The van der Waals surface area contributed by atoms with Crippen molar-refractivity contribution < 1.29 is 38.8 Å². The van der Waals surface area contributed by atoms with Crippen LogP contribution in [0.2, 0.25) is 0 Å². The van der Waals surface area contributed by atoms with Gasteiger partial charge in [-0.2, -0.15) is 0 Å². The van der Waals surface area contributed by atoms with Gasteiger partial charge in [0.1, 0.15) is 12.4 Å². The van der Waals surface area contributed by atoms with Crippen LogP contribution in [0.25, 0.3) is 0 Å². The molecule has 0 radical (unpaired) electrons. The fraction of sp³-hybridized carbons (Fsp3) is 0.300. The Bertz CT molecular complexity index is 1410. The van der Waals surface area contributed by atoms with Crippen LogP contribution >= 0.6 is 34.9 Å². The first kappa shape index (κ1) is 27.9. The molecule has 39 heavy (non-hydrogen) atoms. The maximum absolute atomic E-state index is 12.9. The van der Waals surface area contributed by atoms with E-state index in [2.05, 4.69) is 20.4 Å². The van der Waals surface area contributed by atoms with Crippen LogP contribution in [0.4, 0.5) is 16.8 Å². The van der Waals surface area contributed by atoms with Gasteiger partial charge in [0, 0.05) is 16.9 Å². The van der Waals surface area contributed by atoms with Gasteiger partial charge >= 0.3 is 11.1 Å². The molecule has 1 fully saturated rings. The number of hydrogen-bond acceptors (Lipinski definition) is 15. The number of carboxylic acids is 2. The molecule has 4 rings (SSSR count). The van der Waals surface area contributed by atoms with Gasteiger partial charge in [-0.25, -0.2) is 14.3 Å². The summed E-state index contributed by atoms with van der Waals surface area (Å²) in [5.74, 6) is -3.07. The van der Waals surface area contributed by atoms with Crippen LogP contribution in [-0.2, 0) is 30.7 Å². The zero-order valence-electron chi connectivity index (χ0n) is 19.9. The number of carbonyl (C=O) groups excluding carboxylic acids is 3. The second kappa shape index (κ2) is 11.7. The molecule has 0 saturated carbocycles. The number of nitrogens with one attached hydrogen (secondary N) is 1. The number of anilines is 3. The summed E-state index contributed by atoms with van der Waals surface area (Å²) in [5.41, 5.74) is 17.7. The second-order valence-corrected chi connectivity index (χ2v) is 10.9. The first-order valence-electron chi connectivity index (χ1n) is 10.9. The highest BCUT2D eigenvalue weighted by molar-refractivity contribution is 8.00. The number of carboxylic acid groups (broad SMARTS) is 2. The van der Waals surface area contributed by atoms with Crippen molar-refractivity contribution in [1.29, 1.82) is 0 Å². The molecule has 0 aliphatic carbocycles. The summed E-state index contributed by atoms with van der Waals surface area (Å²) in [6.07, 6.45) is 0.273. The van der Waals surface area contributed by atoms with Crippen molar-refractivity contribution in [1.82, 2.24) is 20.2 Å². The Labute approximate surface area is 232 Å². The lowest BCUT2D eigenvalue weighted by atomic mass is 10.1. The number of amides is 2. The zero-order valence-corrected chi connectivity index (χ0v) is 22.3. The van der Waals surface area contributed by atoms with Gasteiger partial charge in [0.25, 0.3) is 5.91 Å². The number of β-lactam (4-membered cyclic amide) rings is 1.